The number of hydrogen-bond acceptors (Lipinski definition) is 3. The van der Waals surface area contributed by atoms with Crippen LogP contribution in [0.1, 0.15) is 40.6 Å². The number of aromatic nitrogens is 2. The van der Waals surface area contributed by atoms with E-state index in [1.54, 1.807) is 4.88 Å². The summed E-state index contributed by atoms with van der Waals surface area (Å²) in [7, 11) is 1.98. The molecular weight excluding hydrogens is 322 g/mol. The van der Waals surface area contributed by atoms with Crippen LogP contribution in [0.15, 0.2) is 16.0 Å². The first-order chi connectivity index (χ1) is 9.13. The molecule has 0 saturated heterocycles. The lowest BCUT2D eigenvalue weighted by Crippen LogP contribution is -2.24. The first-order valence-corrected chi connectivity index (χ1v) is 8.25. The van der Waals surface area contributed by atoms with E-state index in [1.165, 1.54) is 34.2 Å². The van der Waals surface area contributed by atoms with E-state index in [4.69, 9.17) is 0 Å². The number of thiophene rings is 1. The zero-order valence-electron chi connectivity index (χ0n) is 11.2. The summed E-state index contributed by atoms with van der Waals surface area (Å²) in [5.41, 5.74) is 3.91. The van der Waals surface area contributed by atoms with Crippen LogP contribution in [-0.4, -0.2) is 9.78 Å². The van der Waals surface area contributed by atoms with Gasteiger partial charge in [0, 0.05) is 36.3 Å². The van der Waals surface area contributed by atoms with Crippen molar-refractivity contribution in [3.05, 3.63) is 37.7 Å². The summed E-state index contributed by atoms with van der Waals surface area (Å²) in [6.45, 7) is 2.97. The molecular formula is C14H18BrN3S. The van der Waals surface area contributed by atoms with Gasteiger partial charge in [-0.1, -0.05) is 0 Å². The lowest BCUT2D eigenvalue weighted by atomic mass is 9.94. The van der Waals surface area contributed by atoms with Crippen LogP contribution in [0.2, 0.25) is 0 Å². The standard InChI is InChI=1S/C14H18BrN3S/c1-9-10(8-18(2)17-9)7-16-12-4-3-5-13-11(12)6-14(15)19-13/h6,8,12,16H,3-5,7H2,1-2H3. The molecule has 0 aliphatic heterocycles. The summed E-state index contributed by atoms with van der Waals surface area (Å²) in [5.74, 6) is 0. The Morgan fingerprint density at radius 1 is 1.58 bits per heavy atom. The second-order valence-corrected chi connectivity index (χ2v) is 7.68. The van der Waals surface area contributed by atoms with Crippen LogP contribution in [0.3, 0.4) is 0 Å². The van der Waals surface area contributed by atoms with Crippen LogP contribution in [0.4, 0.5) is 0 Å². The molecule has 102 valence electrons. The van der Waals surface area contributed by atoms with Gasteiger partial charge in [0.1, 0.15) is 0 Å². The number of rotatable bonds is 3. The van der Waals surface area contributed by atoms with Gasteiger partial charge in [0.15, 0.2) is 0 Å². The molecule has 0 aromatic carbocycles. The number of nitrogens with one attached hydrogen (secondary N) is 1. The minimum Gasteiger partial charge on any atom is -0.306 e. The topological polar surface area (TPSA) is 29.9 Å². The van der Waals surface area contributed by atoms with Crippen LogP contribution in [0.5, 0.6) is 0 Å². The zero-order valence-corrected chi connectivity index (χ0v) is 13.6. The Kier molecular flexibility index (Phi) is 3.78. The summed E-state index contributed by atoms with van der Waals surface area (Å²) in [6.07, 6.45) is 5.85. The van der Waals surface area contributed by atoms with E-state index in [2.05, 4.69) is 45.5 Å². The molecule has 0 bridgehead atoms. The first kappa shape index (κ1) is 13.3. The van der Waals surface area contributed by atoms with Crippen LogP contribution < -0.4 is 5.32 Å². The molecule has 2 aromatic heterocycles. The van der Waals surface area contributed by atoms with Gasteiger partial charge in [-0.05, 0) is 53.7 Å². The molecule has 0 spiro atoms. The lowest BCUT2D eigenvalue weighted by molar-refractivity contribution is 0.462. The highest BCUT2D eigenvalue weighted by Gasteiger charge is 2.22. The van der Waals surface area contributed by atoms with Crippen molar-refractivity contribution in [2.45, 2.75) is 38.8 Å². The van der Waals surface area contributed by atoms with Crippen molar-refractivity contribution in [1.82, 2.24) is 15.1 Å². The number of halogens is 1. The van der Waals surface area contributed by atoms with Crippen molar-refractivity contribution in [1.29, 1.82) is 0 Å². The maximum Gasteiger partial charge on any atom is 0.0704 e. The van der Waals surface area contributed by atoms with Gasteiger partial charge in [-0.2, -0.15) is 5.10 Å². The second kappa shape index (κ2) is 5.38. The summed E-state index contributed by atoms with van der Waals surface area (Å²) >= 11 is 5.49. The Bertz CT molecular complexity index is 588. The Morgan fingerprint density at radius 3 is 3.16 bits per heavy atom. The molecule has 1 aliphatic carbocycles. The molecule has 2 aromatic rings. The van der Waals surface area contributed by atoms with Crippen molar-refractivity contribution < 1.29 is 0 Å². The molecule has 2 heterocycles. The summed E-state index contributed by atoms with van der Waals surface area (Å²) in [5, 5.41) is 8.09. The average molecular weight is 340 g/mol. The van der Waals surface area contributed by atoms with Crippen molar-refractivity contribution >= 4 is 27.3 Å². The molecule has 19 heavy (non-hydrogen) atoms. The van der Waals surface area contributed by atoms with Crippen LogP contribution >= 0.6 is 27.3 Å². The normalized spacial score (nSPS) is 18.6. The van der Waals surface area contributed by atoms with Crippen molar-refractivity contribution in [2.75, 3.05) is 0 Å². The van der Waals surface area contributed by atoms with Gasteiger partial charge in [0.05, 0.1) is 9.48 Å². The van der Waals surface area contributed by atoms with Crippen LogP contribution in [-0.2, 0) is 20.0 Å². The maximum absolute atomic E-state index is 4.39. The molecule has 0 saturated carbocycles. The van der Waals surface area contributed by atoms with Crippen LogP contribution in [0.25, 0.3) is 0 Å². The highest BCUT2D eigenvalue weighted by Crippen LogP contribution is 2.38. The summed E-state index contributed by atoms with van der Waals surface area (Å²) in [6, 6.07) is 2.78. The molecule has 0 amide bonds. The quantitative estimate of drug-likeness (QED) is 0.923. The van der Waals surface area contributed by atoms with E-state index < -0.39 is 0 Å². The number of nitrogens with zero attached hydrogens (tertiary/aromatic N) is 2. The third kappa shape index (κ3) is 2.78. The fourth-order valence-corrected chi connectivity index (χ4v) is 4.61. The van der Waals surface area contributed by atoms with Crippen LogP contribution in [0, 0.1) is 6.92 Å². The molecule has 1 N–H and O–H groups in total. The highest BCUT2D eigenvalue weighted by molar-refractivity contribution is 9.11. The average Bonchev–Trinajstić information content (AvgIpc) is 2.88. The second-order valence-electron chi connectivity index (χ2n) is 5.17. The Morgan fingerprint density at radius 2 is 2.42 bits per heavy atom. The third-order valence-corrected chi connectivity index (χ3v) is 5.45. The van der Waals surface area contributed by atoms with Gasteiger partial charge in [0.25, 0.3) is 0 Å². The van der Waals surface area contributed by atoms with Gasteiger partial charge in [-0.3, -0.25) is 4.68 Å². The van der Waals surface area contributed by atoms with Gasteiger partial charge in [-0.15, -0.1) is 11.3 Å². The number of hydrogen-bond donors (Lipinski definition) is 1. The van der Waals surface area contributed by atoms with E-state index in [9.17, 15) is 0 Å². The SMILES string of the molecule is Cc1nn(C)cc1CNC1CCCc2sc(Br)cc21. The number of aryl methyl sites for hydroxylation is 3. The van der Waals surface area contributed by atoms with Crippen molar-refractivity contribution in [2.24, 2.45) is 7.05 Å². The predicted molar refractivity (Wildman–Crippen MR) is 82.5 cm³/mol. The van der Waals surface area contributed by atoms with Gasteiger partial charge < -0.3 is 5.32 Å². The van der Waals surface area contributed by atoms with E-state index in [0.29, 0.717) is 6.04 Å². The molecule has 3 rings (SSSR count). The minimum absolute atomic E-state index is 0.492. The molecule has 1 atom stereocenters. The van der Waals surface area contributed by atoms with E-state index in [-0.39, 0.29) is 0 Å². The largest absolute Gasteiger partial charge is 0.306 e. The molecule has 0 radical (unpaired) electrons. The fourth-order valence-electron chi connectivity index (χ4n) is 2.79. The maximum atomic E-state index is 4.39. The molecule has 1 aliphatic rings. The fraction of sp³-hybridized carbons (Fsp3) is 0.500. The Labute approximate surface area is 126 Å². The first-order valence-electron chi connectivity index (χ1n) is 6.64. The van der Waals surface area contributed by atoms with Gasteiger partial charge >= 0.3 is 0 Å². The zero-order chi connectivity index (χ0) is 13.4. The summed E-state index contributed by atoms with van der Waals surface area (Å²) in [4.78, 5) is 1.54. The Balaban J connectivity index is 1.73. The van der Waals surface area contributed by atoms with E-state index in [0.717, 1.165) is 12.2 Å². The minimum atomic E-state index is 0.492. The van der Waals surface area contributed by atoms with Gasteiger partial charge in [-0.25, -0.2) is 0 Å². The van der Waals surface area contributed by atoms with E-state index in [1.807, 2.05) is 23.1 Å². The molecule has 1 unspecified atom stereocenters. The predicted octanol–water partition coefficient (Wildman–Crippen LogP) is 3.72. The monoisotopic (exact) mass is 339 g/mol. The highest BCUT2D eigenvalue weighted by atomic mass is 79.9. The number of fused-ring (bicyclic) bond motifs is 1. The van der Waals surface area contributed by atoms with Gasteiger partial charge in [0.2, 0.25) is 0 Å². The summed E-state index contributed by atoms with van der Waals surface area (Å²) < 4.78 is 3.14. The smallest absolute Gasteiger partial charge is 0.0704 e. The Hall–Kier alpha value is -0.650. The van der Waals surface area contributed by atoms with Crippen molar-refractivity contribution in [3.8, 4) is 0 Å². The van der Waals surface area contributed by atoms with Crippen molar-refractivity contribution in [3.63, 3.8) is 0 Å². The molecule has 0 fully saturated rings. The molecule has 3 nitrogen and oxygen atoms in total. The lowest BCUT2D eigenvalue weighted by Gasteiger charge is -2.23. The third-order valence-electron chi connectivity index (χ3n) is 3.74. The molecule has 5 heteroatoms. The van der Waals surface area contributed by atoms with E-state index >= 15 is 0 Å².